The lowest BCUT2D eigenvalue weighted by Gasteiger charge is -2.31. The fourth-order valence-corrected chi connectivity index (χ4v) is 5.66. The van der Waals surface area contributed by atoms with Gasteiger partial charge in [0.15, 0.2) is 11.5 Å². The molecule has 0 saturated carbocycles. The summed E-state index contributed by atoms with van der Waals surface area (Å²) in [4.78, 5) is 12.8. The molecule has 10 heteroatoms. The summed E-state index contributed by atoms with van der Waals surface area (Å²) in [6.45, 7) is 1.69. The monoisotopic (exact) mass is 482 g/mol. The van der Waals surface area contributed by atoms with Crippen molar-refractivity contribution >= 4 is 27.5 Å². The van der Waals surface area contributed by atoms with E-state index in [1.165, 1.54) is 16.4 Å². The topological polar surface area (TPSA) is 84.9 Å². The van der Waals surface area contributed by atoms with Gasteiger partial charge in [0.1, 0.15) is 5.82 Å². The van der Waals surface area contributed by atoms with Crippen molar-refractivity contribution in [2.24, 2.45) is 5.92 Å². The minimum atomic E-state index is -3.79. The summed E-state index contributed by atoms with van der Waals surface area (Å²) in [6.07, 6.45) is 1.91. The standard InChI is InChI=1S/C22H24ClFN2O5S/c23-19-11-15(12-20-21(19)31-10-2-9-30-20)13-25-22(27)16-3-1-8-26(14-16)32(28,29)18-6-4-17(24)5-7-18/h4-7,11-12,16H,1-3,8-10,13-14H2,(H,25,27). The molecule has 1 N–H and O–H groups in total. The quantitative estimate of drug-likeness (QED) is 0.706. The first-order valence-corrected chi connectivity index (χ1v) is 12.3. The molecule has 1 unspecified atom stereocenters. The largest absolute Gasteiger partial charge is 0.489 e. The van der Waals surface area contributed by atoms with Gasteiger partial charge in [-0.25, -0.2) is 12.8 Å². The van der Waals surface area contributed by atoms with Crippen LogP contribution in [0.15, 0.2) is 41.3 Å². The molecule has 0 aliphatic carbocycles. The average molecular weight is 483 g/mol. The summed E-state index contributed by atoms with van der Waals surface area (Å²) in [6, 6.07) is 8.22. The SMILES string of the molecule is O=C(NCc1cc(Cl)c2c(c1)OCCCO2)C1CCCN(S(=O)(=O)c2ccc(F)cc2)C1. The van der Waals surface area contributed by atoms with Crippen molar-refractivity contribution in [3.05, 3.63) is 52.8 Å². The molecule has 1 atom stereocenters. The van der Waals surface area contributed by atoms with E-state index in [4.69, 9.17) is 21.1 Å². The maximum atomic E-state index is 13.2. The second-order valence-electron chi connectivity index (χ2n) is 7.83. The molecule has 0 aromatic heterocycles. The van der Waals surface area contributed by atoms with E-state index >= 15 is 0 Å². The van der Waals surface area contributed by atoms with Gasteiger partial charge in [-0.15, -0.1) is 0 Å². The van der Waals surface area contributed by atoms with E-state index in [2.05, 4.69) is 5.32 Å². The molecule has 0 bridgehead atoms. The number of piperidine rings is 1. The number of rotatable bonds is 5. The number of hydrogen-bond acceptors (Lipinski definition) is 5. The normalized spacial score (nSPS) is 19.2. The highest BCUT2D eigenvalue weighted by Gasteiger charge is 2.33. The number of halogens is 2. The first kappa shape index (κ1) is 22.8. The average Bonchev–Trinajstić information content (AvgIpc) is 3.04. The molecule has 0 spiro atoms. The zero-order chi connectivity index (χ0) is 22.7. The van der Waals surface area contributed by atoms with Crippen molar-refractivity contribution in [3.63, 3.8) is 0 Å². The van der Waals surface area contributed by atoms with Crippen LogP contribution in [-0.4, -0.2) is 44.9 Å². The van der Waals surface area contributed by atoms with Gasteiger partial charge in [0.05, 0.1) is 29.0 Å². The first-order chi connectivity index (χ1) is 15.3. The fourth-order valence-electron chi connectivity index (χ4n) is 3.85. The Kier molecular flexibility index (Phi) is 6.88. The van der Waals surface area contributed by atoms with Crippen LogP contribution in [0.5, 0.6) is 11.5 Å². The minimum Gasteiger partial charge on any atom is -0.489 e. The third-order valence-corrected chi connectivity index (χ3v) is 7.70. The molecular formula is C22H24ClFN2O5S. The molecule has 1 amide bonds. The van der Waals surface area contributed by atoms with Gasteiger partial charge in [-0.1, -0.05) is 11.6 Å². The van der Waals surface area contributed by atoms with Gasteiger partial charge >= 0.3 is 0 Å². The van der Waals surface area contributed by atoms with Crippen LogP contribution in [0.3, 0.4) is 0 Å². The number of nitrogens with zero attached hydrogens (tertiary/aromatic N) is 1. The molecule has 1 saturated heterocycles. The lowest BCUT2D eigenvalue weighted by Crippen LogP contribution is -2.45. The van der Waals surface area contributed by atoms with Crippen LogP contribution in [0, 0.1) is 11.7 Å². The second-order valence-corrected chi connectivity index (χ2v) is 10.2. The Labute approximate surface area is 191 Å². The van der Waals surface area contributed by atoms with Crippen LogP contribution < -0.4 is 14.8 Å². The Morgan fingerprint density at radius 3 is 2.69 bits per heavy atom. The second kappa shape index (κ2) is 9.64. The number of ether oxygens (including phenoxy) is 2. The first-order valence-electron chi connectivity index (χ1n) is 10.5. The number of hydrogen-bond donors (Lipinski definition) is 1. The van der Waals surface area contributed by atoms with Gasteiger partial charge in [-0.2, -0.15) is 4.31 Å². The van der Waals surface area contributed by atoms with Crippen molar-refractivity contribution < 1.29 is 27.1 Å². The highest BCUT2D eigenvalue weighted by molar-refractivity contribution is 7.89. The molecule has 7 nitrogen and oxygen atoms in total. The molecular weight excluding hydrogens is 459 g/mol. The number of benzene rings is 2. The van der Waals surface area contributed by atoms with Gasteiger partial charge in [-0.05, 0) is 54.8 Å². The third kappa shape index (κ3) is 5.00. The smallest absolute Gasteiger partial charge is 0.243 e. The third-order valence-electron chi connectivity index (χ3n) is 5.54. The zero-order valence-electron chi connectivity index (χ0n) is 17.4. The Balaban J connectivity index is 1.40. The van der Waals surface area contributed by atoms with Crippen LogP contribution in [0.2, 0.25) is 5.02 Å². The maximum absolute atomic E-state index is 13.2. The molecule has 1 fully saturated rings. The van der Waals surface area contributed by atoms with Crippen molar-refractivity contribution in [3.8, 4) is 11.5 Å². The van der Waals surface area contributed by atoms with Crippen LogP contribution >= 0.6 is 11.6 Å². The van der Waals surface area contributed by atoms with E-state index < -0.39 is 21.8 Å². The van der Waals surface area contributed by atoms with Gasteiger partial charge < -0.3 is 14.8 Å². The lowest BCUT2D eigenvalue weighted by molar-refractivity contribution is -0.126. The predicted octanol–water partition coefficient (Wildman–Crippen LogP) is 3.36. The Morgan fingerprint density at radius 1 is 1.16 bits per heavy atom. The molecule has 2 aliphatic heterocycles. The van der Waals surface area contributed by atoms with Crippen LogP contribution in [0.25, 0.3) is 0 Å². The zero-order valence-corrected chi connectivity index (χ0v) is 18.9. The minimum absolute atomic E-state index is 0.0156. The van der Waals surface area contributed by atoms with Crippen molar-refractivity contribution in [2.45, 2.75) is 30.7 Å². The van der Waals surface area contributed by atoms with Crippen molar-refractivity contribution in [1.82, 2.24) is 9.62 Å². The Bertz CT molecular complexity index is 1090. The van der Waals surface area contributed by atoms with Gasteiger partial charge in [0.25, 0.3) is 0 Å². The van der Waals surface area contributed by atoms with Gasteiger partial charge in [-0.3, -0.25) is 4.79 Å². The van der Waals surface area contributed by atoms with Crippen LogP contribution in [-0.2, 0) is 21.4 Å². The molecule has 172 valence electrons. The van der Waals surface area contributed by atoms with E-state index in [0.29, 0.717) is 49.1 Å². The number of carbonyl (C=O) groups is 1. The van der Waals surface area contributed by atoms with Gasteiger partial charge in [0, 0.05) is 26.1 Å². The molecule has 4 rings (SSSR count). The van der Waals surface area contributed by atoms with Gasteiger partial charge in [0.2, 0.25) is 15.9 Å². The summed E-state index contributed by atoms with van der Waals surface area (Å²) in [5.74, 6) is -0.154. The molecule has 32 heavy (non-hydrogen) atoms. The summed E-state index contributed by atoms with van der Waals surface area (Å²) in [5.41, 5.74) is 0.763. The number of amides is 1. The van der Waals surface area contributed by atoms with Crippen molar-refractivity contribution in [2.75, 3.05) is 26.3 Å². The number of fused-ring (bicyclic) bond motifs is 1. The van der Waals surface area contributed by atoms with E-state index in [-0.39, 0.29) is 23.9 Å². The Hall–Kier alpha value is -2.36. The van der Waals surface area contributed by atoms with Crippen LogP contribution in [0.1, 0.15) is 24.8 Å². The number of nitrogens with one attached hydrogen (secondary N) is 1. The molecule has 0 radical (unpaired) electrons. The summed E-state index contributed by atoms with van der Waals surface area (Å²) in [5, 5.41) is 3.29. The summed E-state index contributed by atoms with van der Waals surface area (Å²) >= 11 is 6.31. The maximum Gasteiger partial charge on any atom is 0.243 e. The number of sulfonamides is 1. The highest BCUT2D eigenvalue weighted by Crippen LogP contribution is 2.38. The number of carbonyl (C=O) groups excluding carboxylic acids is 1. The highest BCUT2D eigenvalue weighted by atomic mass is 35.5. The summed E-state index contributed by atoms with van der Waals surface area (Å²) < 4.78 is 51.5. The summed E-state index contributed by atoms with van der Waals surface area (Å²) in [7, 11) is -3.79. The van der Waals surface area contributed by atoms with E-state index in [0.717, 1.165) is 24.1 Å². The molecule has 2 aromatic carbocycles. The van der Waals surface area contributed by atoms with Crippen molar-refractivity contribution in [1.29, 1.82) is 0 Å². The molecule has 2 heterocycles. The predicted molar refractivity (Wildman–Crippen MR) is 117 cm³/mol. The van der Waals surface area contributed by atoms with E-state index in [1.54, 1.807) is 12.1 Å². The lowest BCUT2D eigenvalue weighted by atomic mass is 9.98. The van der Waals surface area contributed by atoms with Crippen LogP contribution in [0.4, 0.5) is 4.39 Å². The molecule has 2 aromatic rings. The Morgan fingerprint density at radius 2 is 1.91 bits per heavy atom. The molecule has 2 aliphatic rings. The fraction of sp³-hybridized carbons (Fsp3) is 0.409. The van der Waals surface area contributed by atoms with E-state index in [1.807, 2.05) is 0 Å². The van der Waals surface area contributed by atoms with E-state index in [9.17, 15) is 17.6 Å².